The second-order valence-electron chi connectivity index (χ2n) is 6.27. The Morgan fingerprint density at radius 3 is 2.26 bits per heavy atom. The molecule has 0 heterocycles. The molecule has 7 heteroatoms. The first kappa shape index (κ1) is 21.3. The van der Waals surface area contributed by atoms with Crippen molar-refractivity contribution in [2.24, 2.45) is 0 Å². The average molecular weight is 407 g/mol. The van der Waals surface area contributed by atoms with E-state index in [9.17, 15) is 13.2 Å². The predicted molar refractivity (Wildman–Crippen MR) is 114 cm³/mol. The van der Waals surface area contributed by atoms with Crippen molar-refractivity contribution in [3.8, 4) is 0 Å². The lowest BCUT2D eigenvalue weighted by Crippen LogP contribution is -2.29. The van der Waals surface area contributed by atoms with Gasteiger partial charge in [0, 0.05) is 30.2 Å². The first-order valence-corrected chi connectivity index (χ1v) is 11.8. The molecule has 1 amide bonds. The molecule has 0 bridgehead atoms. The summed E-state index contributed by atoms with van der Waals surface area (Å²) in [6.07, 6.45) is 1.17. The van der Waals surface area contributed by atoms with E-state index in [1.165, 1.54) is 21.7 Å². The number of carbonyl (C=O) groups excluding carboxylic acids is 1. The van der Waals surface area contributed by atoms with Crippen LogP contribution >= 0.6 is 11.8 Å². The Kier molecular flexibility index (Phi) is 7.74. The highest BCUT2D eigenvalue weighted by molar-refractivity contribution is 7.98. The smallest absolute Gasteiger partial charge is 0.251 e. The molecule has 146 valence electrons. The molecule has 0 saturated carbocycles. The molecular formula is C20H26N2O3S2. The van der Waals surface area contributed by atoms with Gasteiger partial charge in [0.15, 0.2) is 0 Å². The lowest BCUT2D eigenvalue weighted by Gasteiger charge is -2.20. The van der Waals surface area contributed by atoms with E-state index in [-0.39, 0.29) is 5.91 Å². The topological polar surface area (TPSA) is 66.5 Å². The number of hydrogen-bond acceptors (Lipinski definition) is 4. The van der Waals surface area contributed by atoms with Crippen LogP contribution in [0.4, 0.5) is 5.69 Å². The molecule has 2 aromatic carbocycles. The molecule has 0 atom stereocenters. The van der Waals surface area contributed by atoms with Gasteiger partial charge in [-0.05, 0) is 43.7 Å². The van der Waals surface area contributed by atoms with Gasteiger partial charge in [0.2, 0.25) is 10.0 Å². The molecule has 0 aliphatic rings. The fraction of sp³-hybridized carbons (Fsp3) is 0.350. The number of hydrogen-bond donors (Lipinski definition) is 1. The molecule has 2 rings (SSSR count). The van der Waals surface area contributed by atoms with Crippen LogP contribution in [-0.2, 0) is 15.8 Å². The summed E-state index contributed by atoms with van der Waals surface area (Å²) >= 11 is 1.77. The van der Waals surface area contributed by atoms with Gasteiger partial charge in [0.25, 0.3) is 5.91 Å². The third-order valence-corrected chi connectivity index (χ3v) is 6.33. The second-order valence-corrected chi connectivity index (χ2v) is 9.28. The summed E-state index contributed by atoms with van der Waals surface area (Å²) in [7, 11) is -3.32. The Morgan fingerprint density at radius 2 is 1.70 bits per heavy atom. The summed E-state index contributed by atoms with van der Waals surface area (Å²) in [5.41, 5.74) is 3.61. The van der Waals surface area contributed by atoms with Crippen molar-refractivity contribution in [1.82, 2.24) is 5.32 Å². The monoisotopic (exact) mass is 406 g/mol. The van der Waals surface area contributed by atoms with E-state index >= 15 is 0 Å². The van der Waals surface area contributed by atoms with E-state index < -0.39 is 10.0 Å². The van der Waals surface area contributed by atoms with Gasteiger partial charge >= 0.3 is 0 Å². The van der Waals surface area contributed by atoms with Crippen molar-refractivity contribution in [2.45, 2.75) is 19.6 Å². The number of rotatable bonds is 9. The standard InChI is InChI=1S/C20H26N2O3S2/c1-4-22(27(3,24)25)19-11-9-18(10-12-19)20(23)21-13-14-26-15-17-7-5-16(2)6-8-17/h5-12H,4,13-15H2,1-3H3,(H,21,23). The summed E-state index contributed by atoms with van der Waals surface area (Å²) in [5.74, 6) is 1.60. The highest BCUT2D eigenvalue weighted by Gasteiger charge is 2.15. The summed E-state index contributed by atoms with van der Waals surface area (Å²) in [4.78, 5) is 12.2. The van der Waals surface area contributed by atoms with Crippen LogP contribution in [0.5, 0.6) is 0 Å². The molecule has 0 aliphatic heterocycles. The molecule has 0 spiro atoms. The zero-order valence-electron chi connectivity index (χ0n) is 15.9. The minimum Gasteiger partial charge on any atom is -0.351 e. The molecule has 0 fully saturated rings. The molecule has 27 heavy (non-hydrogen) atoms. The van der Waals surface area contributed by atoms with Crippen LogP contribution in [0.2, 0.25) is 0 Å². The van der Waals surface area contributed by atoms with Crippen molar-refractivity contribution in [1.29, 1.82) is 0 Å². The van der Waals surface area contributed by atoms with Crippen LogP contribution in [0.1, 0.15) is 28.4 Å². The third-order valence-electron chi connectivity index (χ3n) is 4.03. The fourth-order valence-electron chi connectivity index (χ4n) is 2.60. The molecule has 2 aromatic rings. The largest absolute Gasteiger partial charge is 0.351 e. The average Bonchev–Trinajstić information content (AvgIpc) is 2.63. The lowest BCUT2D eigenvalue weighted by atomic mass is 10.2. The molecular weight excluding hydrogens is 380 g/mol. The minimum atomic E-state index is -3.32. The highest BCUT2D eigenvalue weighted by Crippen LogP contribution is 2.18. The Hall–Kier alpha value is -1.99. The SMILES string of the molecule is CCN(c1ccc(C(=O)NCCSCc2ccc(C)cc2)cc1)S(C)(=O)=O. The van der Waals surface area contributed by atoms with Gasteiger partial charge in [-0.15, -0.1) is 0 Å². The van der Waals surface area contributed by atoms with Gasteiger partial charge < -0.3 is 5.32 Å². The number of anilines is 1. The van der Waals surface area contributed by atoms with Crippen LogP contribution in [-0.4, -0.2) is 39.4 Å². The Labute approximate surface area is 166 Å². The molecule has 0 saturated heterocycles. The molecule has 0 unspecified atom stereocenters. The van der Waals surface area contributed by atoms with Gasteiger partial charge in [-0.2, -0.15) is 11.8 Å². The maximum atomic E-state index is 12.2. The lowest BCUT2D eigenvalue weighted by molar-refractivity contribution is 0.0956. The van der Waals surface area contributed by atoms with Gasteiger partial charge in [-0.25, -0.2) is 8.42 Å². The van der Waals surface area contributed by atoms with Crippen LogP contribution < -0.4 is 9.62 Å². The summed E-state index contributed by atoms with van der Waals surface area (Å²) in [6.45, 7) is 4.78. The van der Waals surface area contributed by atoms with Crippen molar-refractivity contribution < 1.29 is 13.2 Å². The van der Waals surface area contributed by atoms with Crippen LogP contribution in [0.3, 0.4) is 0 Å². The van der Waals surface area contributed by atoms with E-state index in [0.717, 1.165) is 11.5 Å². The first-order chi connectivity index (χ1) is 12.8. The van der Waals surface area contributed by atoms with Gasteiger partial charge in [0.1, 0.15) is 0 Å². The highest BCUT2D eigenvalue weighted by atomic mass is 32.2. The number of aryl methyl sites for hydroxylation is 1. The third kappa shape index (κ3) is 6.59. The van der Waals surface area contributed by atoms with E-state index in [2.05, 4.69) is 36.5 Å². The Bertz CT molecular complexity index is 848. The van der Waals surface area contributed by atoms with E-state index in [1.54, 1.807) is 43.0 Å². The molecule has 0 radical (unpaired) electrons. The Morgan fingerprint density at radius 1 is 1.07 bits per heavy atom. The van der Waals surface area contributed by atoms with Crippen molar-refractivity contribution >= 4 is 33.4 Å². The molecule has 5 nitrogen and oxygen atoms in total. The van der Waals surface area contributed by atoms with Crippen molar-refractivity contribution in [3.05, 3.63) is 65.2 Å². The van der Waals surface area contributed by atoms with Gasteiger partial charge in [-0.1, -0.05) is 29.8 Å². The normalized spacial score (nSPS) is 11.2. The number of nitrogens with one attached hydrogen (secondary N) is 1. The number of carbonyl (C=O) groups is 1. The number of amides is 1. The molecule has 0 aromatic heterocycles. The van der Waals surface area contributed by atoms with E-state index in [4.69, 9.17) is 0 Å². The zero-order chi connectivity index (χ0) is 19.9. The fourth-order valence-corrected chi connectivity index (χ4v) is 4.39. The molecule has 1 N–H and O–H groups in total. The maximum Gasteiger partial charge on any atom is 0.251 e. The quantitative estimate of drug-likeness (QED) is 0.648. The number of nitrogens with zero attached hydrogens (tertiary/aromatic N) is 1. The van der Waals surface area contributed by atoms with Gasteiger partial charge in [0.05, 0.1) is 11.9 Å². The van der Waals surface area contributed by atoms with Crippen LogP contribution in [0.25, 0.3) is 0 Å². The van der Waals surface area contributed by atoms with Gasteiger partial charge in [-0.3, -0.25) is 9.10 Å². The van der Waals surface area contributed by atoms with Crippen LogP contribution in [0, 0.1) is 6.92 Å². The number of thioether (sulfide) groups is 1. The second kappa shape index (κ2) is 9.80. The molecule has 0 aliphatic carbocycles. The van der Waals surface area contributed by atoms with E-state index in [0.29, 0.717) is 24.3 Å². The van der Waals surface area contributed by atoms with Crippen molar-refractivity contribution in [2.75, 3.05) is 29.4 Å². The maximum absolute atomic E-state index is 12.2. The minimum absolute atomic E-state index is 0.153. The summed E-state index contributed by atoms with van der Waals surface area (Å²) in [6, 6.07) is 15.1. The Balaban J connectivity index is 1.79. The first-order valence-electron chi connectivity index (χ1n) is 8.80. The summed E-state index contributed by atoms with van der Waals surface area (Å²) in [5, 5.41) is 2.90. The number of sulfonamides is 1. The zero-order valence-corrected chi connectivity index (χ0v) is 17.6. The van der Waals surface area contributed by atoms with Crippen molar-refractivity contribution in [3.63, 3.8) is 0 Å². The summed E-state index contributed by atoms with van der Waals surface area (Å²) < 4.78 is 24.8. The van der Waals surface area contributed by atoms with E-state index in [1.807, 2.05) is 0 Å². The predicted octanol–water partition coefficient (Wildman–Crippen LogP) is 3.44. The van der Waals surface area contributed by atoms with Crippen LogP contribution in [0.15, 0.2) is 48.5 Å². The number of benzene rings is 2.